The van der Waals surface area contributed by atoms with Crippen molar-refractivity contribution in [2.45, 2.75) is 25.5 Å². The molecule has 0 amide bonds. The van der Waals surface area contributed by atoms with Crippen LogP contribution in [0.3, 0.4) is 0 Å². The zero-order chi connectivity index (χ0) is 17.5. The minimum Gasteiger partial charge on any atom is -0.497 e. The number of nitrogens with one attached hydrogen (secondary N) is 1. The highest BCUT2D eigenvalue weighted by Gasteiger charge is 2.15. The van der Waals surface area contributed by atoms with Crippen LogP contribution in [0.25, 0.3) is 0 Å². The molecule has 0 atom stereocenters. The summed E-state index contributed by atoms with van der Waals surface area (Å²) in [5.41, 5.74) is 1.03. The third-order valence-corrected chi connectivity index (χ3v) is 4.16. The first-order chi connectivity index (χ1) is 12.3. The van der Waals surface area contributed by atoms with Gasteiger partial charge < -0.3 is 24.3 Å². The van der Waals surface area contributed by atoms with Crippen LogP contribution < -0.4 is 19.5 Å². The molecule has 1 aliphatic rings. The van der Waals surface area contributed by atoms with Crippen molar-refractivity contribution in [1.82, 2.24) is 4.98 Å². The fourth-order valence-corrected chi connectivity index (χ4v) is 2.72. The van der Waals surface area contributed by atoms with Crippen molar-refractivity contribution in [3.05, 3.63) is 42.1 Å². The lowest BCUT2D eigenvalue weighted by Crippen LogP contribution is -2.25. The first kappa shape index (κ1) is 17.4. The summed E-state index contributed by atoms with van der Waals surface area (Å²) >= 11 is 0. The molecular formula is C19H24N2O4. The first-order valence-electron chi connectivity index (χ1n) is 8.43. The summed E-state index contributed by atoms with van der Waals surface area (Å²) < 4.78 is 21.9. The van der Waals surface area contributed by atoms with E-state index in [0.717, 1.165) is 54.7 Å². The first-order valence-corrected chi connectivity index (χ1v) is 8.43. The van der Waals surface area contributed by atoms with E-state index in [2.05, 4.69) is 10.3 Å². The van der Waals surface area contributed by atoms with Gasteiger partial charge in [0, 0.05) is 31.0 Å². The number of nitrogens with zero attached hydrogens (tertiary/aromatic N) is 1. The van der Waals surface area contributed by atoms with E-state index in [1.807, 2.05) is 30.3 Å². The highest BCUT2D eigenvalue weighted by atomic mass is 16.5. The zero-order valence-corrected chi connectivity index (χ0v) is 14.7. The van der Waals surface area contributed by atoms with Gasteiger partial charge in [-0.25, -0.2) is 4.98 Å². The summed E-state index contributed by atoms with van der Waals surface area (Å²) in [4.78, 5) is 4.42. The summed E-state index contributed by atoms with van der Waals surface area (Å²) in [5.74, 6) is 3.14. The molecule has 3 rings (SSSR count). The Morgan fingerprint density at radius 1 is 1.08 bits per heavy atom. The minimum absolute atomic E-state index is 0.220. The van der Waals surface area contributed by atoms with Crippen LogP contribution in [0.1, 0.15) is 18.4 Å². The van der Waals surface area contributed by atoms with E-state index >= 15 is 0 Å². The Morgan fingerprint density at radius 3 is 2.56 bits per heavy atom. The normalized spacial score (nSPS) is 14.8. The lowest BCUT2D eigenvalue weighted by atomic mass is 10.1. The van der Waals surface area contributed by atoms with Gasteiger partial charge in [-0.3, -0.25) is 0 Å². The number of methoxy groups -OCH3 is 2. The molecule has 2 heterocycles. The molecule has 1 aromatic heterocycles. The van der Waals surface area contributed by atoms with Crippen molar-refractivity contribution < 1.29 is 18.9 Å². The molecular weight excluding hydrogens is 320 g/mol. The number of ether oxygens (including phenoxy) is 4. The van der Waals surface area contributed by atoms with Crippen LogP contribution in [0, 0.1) is 0 Å². The fraction of sp³-hybridized carbons (Fsp3) is 0.421. The maximum Gasteiger partial charge on any atom is 0.138 e. The molecule has 1 N–H and O–H groups in total. The molecule has 1 saturated heterocycles. The Bertz CT molecular complexity index is 670. The van der Waals surface area contributed by atoms with Crippen LogP contribution in [-0.2, 0) is 11.3 Å². The number of rotatable bonds is 7. The largest absolute Gasteiger partial charge is 0.497 e. The van der Waals surface area contributed by atoms with Crippen molar-refractivity contribution in [3.8, 4) is 17.2 Å². The van der Waals surface area contributed by atoms with E-state index in [0.29, 0.717) is 6.54 Å². The van der Waals surface area contributed by atoms with Crippen LogP contribution in [0.2, 0.25) is 0 Å². The van der Waals surface area contributed by atoms with Crippen LogP contribution in [0.15, 0.2) is 36.5 Å². The smallest absolute Gasteiger partial charge is 0.138 e. The summed E-state index contributed by atoms with van der Waals surface area (Å²) in [6.45, 7) is 2.14. The number of hydrogen-bond donors (Lipinski definition) is 1. The second-order valence-corrected chi connectivity index (χ2v) is 5.84. The van der Waals surface area contributed by atoms with Crippen molar-refractivity contribution in [2.24, 2.45) is 0 Å². The second kappa shape index (κ2) is 8.58. The topological polar surface area (TPSA) is 61.8 Å². The molecule has 0 radical (unpaired) electrons. The Morgan fingerprint density at radius 2 is 1.88 bits per heavy atom. The third kappa shape index (κ3) is 4.76. The van der Waals surface area contributed by atoms with E-state index in [-0.39, 0.29) is 6.10 Å². The zero-order valence-electron chi connectivity index (χ0n) is 14.7. The average Bonchev–Trinajstić information content (AvgIpc) is 2.68. The second-order valence-electron chi connectivity index (χ2n) is 5.84. The van der Waals surface area contributed by atoms with Crippen LogP contribution in [0.5, 0.6) is 17.2 Å². The molecule has 25 heavy (non-hydrogen) atoms. The monoisotopic (exact) mass is 344 g/mol. The minimum atomic E-state index is 0.220. The molecule has 0 bridgehead atoms. The number of aromatic nitrogens is 1. The van der Waals surface area contributed by atoms with Gasteiger partial charge in [-0.2, -0.15) is 0 Å². The molecule has 1 aromatic carbocycles. The predicted octanol–water partition coefficient (Wildman–Crippen LogP) is 3.27. The number of anilines is 1. The van der Waals surface area contributed by atoms with Crippen LogP contribution in [-0.4, -0.2) is 38.5 Å². The molecule has 6 heteroatoms. The van der Waals surface area contributed by atoms with E-state index in [4.69, 9.17) is 18.9 Å². The fourth-order valence-electron chi connectivity index (χ4n) is 2.72. The lowest BCUT2D eigenvalue weighted by Gasteiger charge is -2.23. The number of pyridine rings is 1. The highest BCUT2D eigenvalue weighted by Crippen LogP contribution is 2.25. The molecule has 1 fully saturated rings. The van der Waals surface area contributed by atoms with Gasteiger partial charge in [-0.1, -0.05) is 0 Å². The standard InChI is InChI=1S/C19H24N2O4/c1-22-16-4-3-14(18(11-16)23-2)12-20-19-6-5-17(13-21-19)25-15-7-9-24-10-8-15/h3-6,11,13,15H,7-10,12H2,1-2H3,(H,20,21). The summed E-state index contributed by atoms with van der Waals surface area (Å²) in [5, 5.41) is 3.30. The van der Waals surface area contributed by atoms with Gasteiger partial charge in [-0.05, 0) is 24.3 Å². The van der Waals surface area contributed by atoms with Gasteiger partial charge in [0.25, 0.3) is 0 Å². The van der Waals surface area contributed by atoms with E-state index < -0.39 is 0 Å². The SMILES string of the molecule is COc1ccc(CNc2ccc(OC3CCOCC3)cn2)c(OC)c1. The maximum absolute atomic E-state index is 5.93. The Balaban J connectivity index is 1.56. The van der Waals surface area contributed by atoms with Crippen molar-refractivity contribution in [2.75, 3.05) is 32.8 Å². The van der Waals surface area contributed by atoms with Gasteiger partial charge >= 0.3 is 0 Å². The Hall–Kier alpha value is -2.47. The van der Waals surface area contributed by atoms with E-state index in [9.17, 15) is 0 Å². The lowest BCUT2D eigenvalue weighted by molar-refractivity contribution is 0.0254. The molecule has 0 aliphatic carbocycles. The van der Waals surface area contributed by atoms with Gasteiger partial charge in [0.1, 0.15) is 29.2 Å². The van der Waals surface area contributed by atoms with Crippen molar-refractivity contribution in [3.63, 3.8) is 0 Å². The Labute approximate surface area is 148 Å². The third-order valence-electron chi connectivity index (χ3n) is 4.16. The Kier molecular flexibility index (Phi) is 5.95. The molecule has 0 spiro atoms. The van der Waals surface area contributed by atoms with Gasteiger partial charge in [0.15, 0.2) is 0 Å². The van der Waals surface area contributed by atoms with E-state index in [1.165, 1.54) is 0 Å². The maximum atomic E-state index is 5.93. The van der Waals surface area contributed by atoms with Crippen molar-refractivity contribution in [1.29, 1.82) is 0 Å². The van der Waals surface area contributed by atoms with Gasteiger partial charge in [-0.15, -0.1) is 0 Å². The molecule has 2 aromatic rings. The summed E-state index contributed by atoms with van der Waals surface area (Å²) in [6, 6.07) is 9.63. The molecule has 0 unspecified atom stereocenters. The highest BCUT2D eigenvalue weighted by molar-refractivity contribution is 5.44. The van der Waals surface area contributed by atoms with Crippen LogP contribution in [0.4, 0.5) is 5.82 Å². The summed E-state index contributed by atoms with van der Waals surface area (Å²) in [6.07, 6.45) is 3.83. The molecule has 1 aliphatic heterocycles. The summed E-state index contributed by atoms with van der Waals surface area (Å²) in [7, 11) is 3.29. The quantitative estimate of drug-likeness (QED) is 0.832. The molecule has 0 saturated carbocycles. The number of benzene rings is 1. The average molecular weight is 344 g/mol. The van der Waals surface area contributed by atoms with E-state index in [1.54, 1.807) is 20.4 Å². The molecule has 6 nitrogen and oxygen atoms in total. The van der Waals surface area contributed by atoms with Crippen LogP contribution >= 0.6 is 0 Å². The van der Waals surface area contributed by atoms with Gasteiger partial charge in [0.05, 0.1) is 33.6 Å². The van der Waals surface area contributed by atoms with Crippen molar-refractivity contribution >= 4 is 5.82 Å². The number of hydrogen-bond acceptors (Lipinski definition) is 6. The molecule has 134 valence electrons. The van der Waals surface area contributed by atoms with Gasteiger partial charge in [0.2, 0.25) is 0 Å². The predicted molar refractivity (Wildman–Crippen MR) is 95.6 cm³/mol.